The molecule has 1 fully saturated rings. The van der Waals surface area contributed by atoms with Crippen molar-refractivity contribution >= 4 is 22.6 Å². The van der Waals surface area contributed by atoms with Crippen molar-refractivity contribution in [3.8, 4) is 0 Å². The molecule has 1 aliphatic rings. The summed E-state index contributed by atoms with van der Waals surface area (Å²) in [6.07, 6.45) is 0.253. The Balaban J connectivity index is 1.19. The number of likely N-dealkylation sites (N-methyl/N-ethyl adjacent to an activating group) is 1. The van der Waals surface area contributed by atoms with Gasteiger partial charge in [-0.3, -0.25) is 14.5 Å². The number of rotatable bonds is 8. The van der Waals surface area contributed by atoms with Crippen molar-refractivity contribution in [2.45, 2.75) is 19.5 Å². The van der Waals surface area contributed by atoms with Crippen molar-refractivity contribution < 1.29 is 9.59 Å². The molecule has 6 heteroatoms. The third kappa shape index (κ3) is 6.63. The van der Waals surface area contributed by atoms with E-state index in [0.29, 0.717) is 6.54 Å². The van der Waals surface area contributed by atoms with Gasteiger partial charge in [-0.2, -0.15) is 0 Å². The zero-order chi connectivity index (χ0) is 23.0. The van der Waals surface area contributed by atoms with Gasteiger partial charge in [0.25, 0.3) is 0 Å². The first kappa shape index (κ1) is 23.0. The molecule has 1 heterocycles. The fourth-order valence-corrected chi connectivity index (χ4v) is 4.15. The van der Waals surface area contributed by atoms with Crippen LogP contribution >= 0.6 is 0 Å². The minimum atomic E-state index is -0.192. The van der Waals surface area contributed by atoms with Gasteiger partial charge in [0.15, 0.2) is 0 Å². The molecular weight excluding hydrogens is 412 g/mol. The summed E-state index contributed by atoms with van der Waals surface area (Å²) in [6.45, 7) is 5.81. The third-order valence-corrected chi connectivity index (χ3v) is 6.19. The van der Waals surface area contributed by atoms with Crippen LogP contribution in [-0.2, 0) is 29.1 Å². The van der Waals surface area contributed by atoms with Gasteiger partial charge in [0, 0.05) is 39.3 Å². The van der Waals surface area contributed by atoms with Crippen LogP contribution in [0.3, 0.4) is 0 Å². The van der Waals surface area contributed by atoms with E-state index in [9.17, 15) is 9.59 Å². The number of hydrogen-bond acceptors (Lipinski definition) is 4. The number of hydrogen-bond donors (Lipinski definition) is 2. The average molecular weight is 445 g/mol. The van der Waals surface area contributed by atoms with Gasteiger partial charge in [-0.25, -0.2) is 0 Å². The lowest BCUT2D eigenvalue weighted by Gasteiger charge is -2.32. The van der Waals surface area contributed by atoms with Crippen LogP contribution in [-0.4, -0.2) is 61.4 Å². The Morgan fingerprint density at radius 3 is 2.27 bits per heavy atom. The average Bonchev–Trinajstić information content (AvgIpc) is 2.84. The Bertz CT molecular complexity index is 1080. The zero-order valence-electron chi connectivity index (χ0n) is 19.2. The van der Waals surface area contributed by atoms with E-state index in [1.807, 2.05) is 42.5 Å². The van der Waals surface area contributed by atoms with Crippen LogP contribution in [0.25, 0.3) is 10.8 Å². The molecule has 1 saturated heterocycles. The van der Waals surface area contributed by atoms with Gasteiger partial charge in [0.1, 0.15) is 0 Å². The van der Waals surface area contributed by atoms with Crippen molar-refractivity contribution in [2.24, 2.45) is 0 Å². The number of amides is 2. The molecule has 2 N–H and O–H groups in total. The fraction of sp³-hybridized carbons (Fsp3) is 0.333. The molecule has 33 heavy (non-hydrogen) atoms. The summed E-state index contributed by atoms with van der Waals surface area (Å²) < 4.78 is 0. The second-order valence-electron chi connectivity index (χ2n) is 8.76. The van der Waals surface area contributed by atoms with Crippen molar-refractivity contribution in [3.63, 3.8) is 0 Å². The number of fused-ring (bicyclic) bond motifs is 1. The van der Waals surface area contributed by atoms with Crippen LogP contribution in [0, 0.1) is 0 Å². The van der Waals surface area contributed by atoms with Gasteiger partial charge in [0.05, 0.1) is 13.0 Å². The molecule has 1 aliphatic heterocycles. The summed E-state index contributed by atoms with van der Waals surface area (Å²) in [5, 5.41) is 7.79. The SMILES string of the molecule is CN1CCN(Cc2ccc(CNC(=O)CNC(=O)Cc3cccc4ccccc34)cc2)CC1. The molecule has 3 aromatic rings. The zero-order valence-corrected chi connectivity index (χ0v) is 19.2. The van der Waals surface area contributed by atoms with E-state index >= 15 is 0 Å². The highest BCUT2D eigenvalue weighted by molar-refractivity contribution is 5.91. The monoisotopic (exact) mass is 444 g/mol. The smallest absolute Gasteiger partial charge is 0.239 e. The Hall–Kier alpha value is -3.22. The molecule has 4 rings (SSSR count). The normalized spacial score (nSPS) is 14.8. The van der Waals surface area contributed by atoms with Gasteiger partial charge in [-0.1, -0.05) is 66.7 Å². The van der Waals surface area contributed by atoms with Crippen LogP contribution in [0.2, 0.25) is 0 Å². The maximum absolute atomic E-state index is 12.4. The molecule has 172 valence electrons. The number of benzene rings is 3. The number of nitrogens with one attached hydrogen (secondary N) is 2. The molecule has 6 nitrogen and oxygen atoms in total. The summed E-state index contributed by atoms with van der Waals surface area (Å²) in [7, 11) is 2.16. The Kier molecular flexibility index (Phi) is 7.70. The van der Waals surface area contributed by atoms with Crippen LogP contribution in [0.4, 0.5) is 0 Å². The maximum Gasteiger partial charge on any atom is 0.239 e. The highest BCUT2D eigenvalue weighted by atomic mass is 16.2. The highest BCUT2D eigenvalue weighted by Gasteiger charge is 2.14. The van der Waals surface area contributed by atoms with E-state index in [-0.39, 0.29) is 24.8 Å². The van der Waals surface area contributed by atoms with Gasteiger partial charge in [0.2, 0.25) is 11.8 Å². The molecule has 0 unspecified atom stereocenters. The largest absolute Gasteiger partial charge is 0.350 e. The predicted octanol–water partition coefficient (Wildman–Crippen LogP) is 2.56. The molecular formula is C27H32N4O2. The summed E-state index contributed by atoms with van der Waals surface area (Å²) in [5.74, 6) is -0.349. The van der Waals surface area contributed by atoms with Gasteiger partial charge >= 0.3 is 0 Å². The van der Waals surface area contributed by atoms with Crippen LogP contribution in [0.15, 0.2) is 66.7 Å². The molecule has 0 radical (unpaired) electrons. The Morgan fingerprint density at radius 2 is 1.48 bits per heavy atom. The number of carbonyl (C=O) groups excluding carboxylic acids is 2. The van der Waals surface area contributed by atoms with E-state index in [2.05, 4.69) is 51.7 Å². The number of carbonyl (C=O) groups is 2. The fourth-order valence-electron chi connectivity index (χ4n) is 4.15. The lowest BCUT2D eigenvalue weighted by molar-refractivity contribution is -0.125. The Morgan fingerprint density at radius 1 is 0.788 bits per heavy atom. The lowest BCUT2D eigenvalue weighted by atomic mass is 10.0. The molecule has 0 aliphatic carbocycles. The van der Waals surface area contributed by atoms with E-state index < -0.39 is 0 Å². The lowest BCUT2D eigenvalue weighted by Crippen LogP contribution is -2.43. The number of nitrogens with zero attached hydrogens (tertiary/aromatic N) is 2. The van der Waals surface area contributed by atoms with Gasteiger partial charge in [-0.05, 0) is 34.5 Å². The van der Waals surface area contributed by atoms with Crippen molar-refractivity contribution in [3.05, 3.63) is 83.4 Å². The molecule has 3 aromatic carbocycles. The minimum absolute atomic E-state index is 0.0227. The van der Waals surface area contributed by atoms with E-state index in [1.165, 1.54) is 5.56 Å². The molecule has 0 atom stereocenters. The first-order valence-electron chi connectivity index (χ1n) is 11.6. The van der Waals surface area contributed by atoms with E-state index in [1.54, 1.807) is 0 Å². The van der Waals surface area contributed by atoms with Gasteiger partial charge < -0.3 is 15.5 Å². The van der Waals surface area contributed by atoms with E-state index in [0.717, 1.165) is 54.6 Å². The molecule has 2 amide bonds. The van der Waals surface area contributed by atoms with Crippen molar-refractivity contribution in [1.82, 2.24) is 20.4 Å². The summed E-state index contributed by atoms with van der Waals surface area (Å²) in [4.78, 5) is 29.4. The van der Waals surface area contributed by atoms with Gasteiger partial charge in [-0.15, -0.1) is 0 Å². The van der Waals surface area contributed by atoms with Crippen LogP contribution < -0.4 is 10.6 Å². The summed E-state index contributed by atoms with van der Waals surface area (Å²) >= 11 is 0. The van der Waals surface area contributed by atoms with Crippen LogP contribution in [0.5, 0.6) is 0 Å². The second kappa shape index (κ2) is 11.1. The molecule has 0 aromatic heterocycles. The van der Waals surface area contributed by atoms with Crippen molar-refractivity contribution in [2.75, 3.05) is 39.8 Å². The predicted molar refractivity (Wildman–Crippen MR) is 132 cm³/mol. The Labute approximate surface area is 195 Å². The van der Waals surface area contributed by atoms with Crippen molar-refractivity contribution in [1.29, 1.82) is 0 Å². The molecule has 0 saturated carbocycles. The standard InChI is InChI=1S/C27H32N4O2/c1-30-13-15-31(16-14-30)20-22-11-9-21(10-12-22)18-28-27(33)19-29-26(32)17-24-7-4-6-23-5-2-3-8-25(23)24/h2-12H,13-20H2,1H3,(H,28,33)(H,29,32). The molecule has 0 spiro atoms. The summed E-state index contributed by atoms with van der Waals surface area (Å²) in [6, 6.07) is 22.3. The summed E-state index contributed by atoms with van der Waals surface area (Å²) in [5.41, 5.74) is 3.30. The highest BCUT2D eigenvalue weighted by Crippen LogP contribution is 2.18. The number of piperazine rings is 1. The van der Waals surface area contributed by atoms with E-state index in [4.69, 9.17) is 0 Å². The molecule has 0 bridgehead atoms. The first-order valence-corrected chi connectivity index (χ1v) is 11.6. The first-order chi connectivity index (χ1) is 16.1. The third-order valence-electron chi connectivity index (χ3n) is 6.19. The maximum atomic E-state index is 12.4. The second-order valence-corrected chi connectivity index (χ2v) is 8.76. The minimum Gasteiger partial charge on any atom is -0.350 e. The quantitative estimate of drug-likeness (QED) is 0.561. The van der Waals surface area contributed by atoms with Crippen LogP contribution in [0.1, 0.15) is 16.7 Å². The topological polar surface area (TPSA) is 64.7 Å².